The Morgan fingerprint density at radius 3 is 2.50 bits per heavy atom. The van der Waals surface area contributed by atoms with Crippen molar-refractivity contribution < 1.29 is 41.7 Å². The number of fused-ring (bicyclic) bond motifs is 2. The van der Waals surface area contributed by atoms with Crippen molar-refractivity contribution in [2.24, 2.45) is 0 Å². The number of aromatic nitrogens is 2. The van der Waals surface area contributed by atoms with Crippen molar-refractivity contribution in [3.63, 3.8) is 0 Å². The van der Waals surface area contributed by atoms with E-state index in [1.54, 1.807) is 36.8 Å². The van der Waals surface area contributed by atoms with E-state index in [1.165, 1.54) is 6.07 Å². The average Bonchev–Trinajstić information content (AvgIpc) is 3.14. The summed E-state index contributed by atoms with van der Waals surface area (Å²) in [6.07, 6.45) is 0.326. The minimum Gasteiger partial charge on any atom is -0.480 e. The molecule has 0 saturated carbocycles. The molecule has 2 aliphatic heterocycles. The van der Waals surface area contributed by atoms with Gasteiger partial charge in [0.25, 0.3) is 5.91 Å². The summed E-state index contributed by atoms with van der Waals surface area (Å²) in [5, 5.41) is 16.2. The van der Waals surface area contributed by atoms with Crippen LogP contribution in [0.5, 0.6) is 0 Å². The maximum atomic E-state index is 16.1. The first kappa shape index (κ1) is 35.2. The summed E-state index contributed by atoms with van der Waals surface area (Å²) in [6, 6.07) is 13.8. The number of ether oxygens (including phenoxy) is 2. The molecule has 2 saturated heterocycles. The fraction of sp³-hybridized carbons (Fsp3) is 0.316. The highest BCUT2D eigenvalue weighted by Crippen LogP contribution is 2.35. The van der Waals surface area contributed by atoms with Crippen LogP contribution in [0.4, 0.5) is 23.2 Å². The van der Waals surface area contributed by atoms with Crippen molar-refractivity contribution in [3.8, 4) is 11.3 Å². The van der Waals surface area contributed by atoms with Crippen molar-refractivity contribution in [3.05, 3.63) is 102 Å². The van der Waals surface area contributed by atoms with Crippen molar-refractivity contribution in [2.75, 3.05) is 51.0 Å². The minimum atomic E-state index is -4.64. The van der Waals surface area contributed by atoms with E-state index >= 15 is 4.39 Å². The number of aliphatic carboxylic acids is 1. The van der Waals surface area contributed by atoms with E-state index in [2.05, 4.69) is 15.3 Å². The number of alkyl halides is 3. The number of carbonyl (C=O) groups excluding carboxylic acids is 1. The van der Waals surface area contributed by atoms with Crippen LogP contribution >= 0.6 is 0 Å². The third-order valence-electron chi connectivity index (χ3n) is 9.58. The Kier molecular flexibility index (Phi) is 10.0. The quantitative estimate of drug-likeness (QED) is 0.188. The van der Waals surface area contributed by atoms with E-state index in [-0.39, 0.29) is 37.4 Å². The van der Waals surface area contributed by atoms with E-state index in [4.69, 9.17) is 9.47 Å². The monoisotopic (exact) mass is 717 g/mol. The van der Waals surface area contributed by atoms with Gasteiger partial charge in [0.1, 0.15) is 17.9 Å². The molecule has 2 fully saturated rings. The van der Waals surface area contributed by atoms with Crippen LogP contribution < -0.4 is 10.2 Å². The Bertz CT molecular complexity index is 2120. The summed E-state index contributed by atoms with van der Waals surface area (Å²) in [4.78, 5) is 38.4. The van der Waals surface area contributed by atoms with Gasteiger partial charge in [-0.2, -0.15) is 13.2 Å². The number of nitrogens with zero attached hydrogens (tertiary/aromatic N) is 4. The fourth-order valence-corrected chi connectivity index (χ4v) is 7.01. The predicted octanol–water partition coefficient (Wildman–Crippen LogP) is 5.61. The van der Waals surface area contributed by atoms with Gasteiger partial charge in [0, 0.05) is 73.2 Å². The molecular formula is C38H35F4N5O5. The number of hydrogen-bond acceptors (Lipinski definition) is 8. The number of benzene rings is 3. The predicted molar refractivity (Wildman–Crippen MR) is 186 cm³/mol. The molecule has 2 atom stereocenters. The third kappa shape index (κ3) is 7.27. The first-order chi connectivity index (χ1) is 25.1. The van der Waals surface area contributed by atoms with Crippen molar-refractivity contribution >= 4 is 39.1 Å². The Morgan fingerprint density at radius 2 is 1.71 bits per heavy atom. The molecule has 3 aromatic carbocycles. The number of morpholine rings is 2. The highest BCUT2D eigenvalue weighted by Gasteiger charge is 2.46. The third-order valence-corrected chi connectivity index (χ3v) is 9.58. The lowest BCUT2D eigenvalue weighted by molar-refractivity contribution is -0.167. The van der Waals surface area contributed by atoms with Crippen molar-refractivity contribution in [2.45, 2.75) is 31.2 Å². The smallest absolute Gasteiger partial charge is 0.411 e. The summed E-state index contributed by atoms with van der Waals surface area (Å²) in [6.45, 7) is 1.01. The normalized spacial score (nSPS) is 17.7. The number of carbonyl (C=O) groups is 2. The van der Waals surface area contributed by atoms with Crippen LogP contribution in [0.25, 0.3) is 32.8 Å². The van der Waals surface area contributed by atoms with Gasteiger partial charge in [0.15, 0.2) is 0 Å². The molecule has 0 unspecified atom stereocenters. The van der Waals surface area contributed by atoms with Crippen LogP contribution in [0.2, 0.25) is 0 Å². The highest BCUT2D eigenvalue weighted by molar-refractivity contribution is 6.04. The zero-order chi connectivity index (χ0) is 36.4. The van der Waals surface area contributed by atoms with Gasteiger partial charge in [0.05, 0.1) is 37.7 Å². The van der Waals surface area contributed by atoms with Gasteiger partial charge in [-0.3, -0.25) is 19.7 Å². The number of rotatable bonds is 9. The number of halogens is 4. The van der Waals surface area contributed by atoms with Gasteiger partial charge >= 0.3 is 12.1 Å². The van der Waals surface area contributed by atoms with Crippen LogP contribution in [0.3, 0.4) is 0 Å². The van der Waals surface area contributed by atoms with Gasteiger partial charge in [-0.05, 0) is 46.2 Å². The Hall–Kier alpha value is -5.18. The Balaban J connectivity index is 1.21. The number of carboxylic acid groups (broad SMARTS) is 1. The molecule has 7 rings (SSSR count). The molecular weight excluding hydrogens is 682 g/mol. The number of pyridine rings is 2. The number of nitrogens with one attached hydrogen (secondary N) is 1. The fourth-order valence-electron chi connectivity index (χ4n) is 7.01. The summed E-state index contributed by atoms with van der Waals surface area (Å²) in [5.74, 6) is -3.38. The molecule has 2 aliphatic rings. The molecule has 2 N–H and O–H groups in total. The molecule has 0 spiro atoms. The van der Waals surface area contributed by atoms with E-state index < -0.39 is 48.1 Å². The summed E-state index contributed by atoms with van der Waals surface area (Å²) < 4.78 is 68.5. The molecule has 2 aromatic heterocycles. The molecule has 14 heteroatoms. The second-order valence-corrected chi connectivity index (χ2v) is 12.8. The number of anilines is 1. The summed E-state index contributed by atoms with van der Waals surface area (Å²) in [5.41, 5.74) is 1.81. The summed E-state index contributed by atoms with van der Waals surface area (Å²) >= 11 is 0. The lowest BCUT2D eigenvalue weighted by Gasteiger charge is -2.38. The van der Waals surface area contributed by atoms with Gasteiger partial charge in [0.2, 0.25) is 0 Å². The SMILES string of the molecule is O=C(N[C@@H](Cc1cccc2c(-c3cccc4ccncc34)nccc12)C(=O)O)c1c(F)cc(N2CCOC[C@@H]2C(F)(F)F)cc1CN1CCOCC1. The summed E-state index contributed by atoms with van der Waals surface area (Å²) in [7, 11) is 0. The number of amides is 1. The lowest BCUT2D eigenvalue weighted by Crippen LogP contribution is -2.53. The largest absolute Gasteiger partial charge is 0.480 e. The first-order valence-corrected chi connectivity index (χ1v) is 16.9. The maximum absolute atomic E-state index is 16.1. The zero-order valence-electron chi connectivity index (χ0n) is 27.9. The van der Waals surface area contributed by atoms with Crippen LogP contribution in [-0.2, 0) is 27.2 Å². The second-order valence-electron chi connectivity index (χ2n) is 12.8. The highest BCUT2D eigenvalue weighted by atomic mass is 19.4. The maximum Gasteiger partial charge on any atom is 0.411 e. The zero-order valence-corrected chi connectivity index (χ0v) is 27.9. The van der Waals surface area contributed by atoms with Crippen LogP contribution in [0.15, 0.2) is 79.3 Å². The minimum absolute atomic E-state index is 0.0143. The van der Waals surface area contributed by atoms with E-state index in [1.807, 2.05) is 35.2 Å². The van der Waals surface area contributed by atoms with Crippen molar-refractivity contribution in [1.82, 2.24) is 20.2 Å². The average molecular weight is 718 g/mol. The molecule has 1 amide bonds. The van der Waals surface area contributed by atoms with Gasteiger partial charge in [-0.25, -0.2) is 9.18 Å². The van der Waals surface area contributed by atoms with E-state index in [9.17, 15) is 27.9 Å². The molecule has 52 heavy (non-hydrogen) atoms. The topological polar surface area (TPSA) is 117 Å². The lowest BCUT2D eigenvalue weighted by atomic mass is 9.95. The van der Waals surface area contributed by atoms with Gasteiger partial charge in [-0.1, -0.05) is 36.4 Å². The van der Waals surface area contributed by atoms with Crippen LogP contribution in [-0.4, -0.2) is 96.2 Å². The second kappa shape index (κ2) is 14.8. The van der Waals surface area contributed by atoms with E-state index in [0.29, 0.717) is 37.6 Å². The molecule has 0 aliphatic carbocycles. The Morgan fingerprint density at radius 1 is 0.923 bits per heavy atom. The van der Waals surface area contributed by atoms with Crippen LogP contribution in [0, 0.1) is 5.82 Å². The molecule has 5 aromatic rings. The number of hydrogen-bond donors (Lipinski definition) is 2. The molecule has 270 valence electrons. The first-order valence-electron chi connectivity index (χ1n) is 16.9. The number of carboxylic acids is 1. The standard InChI is InChI=1S/C38H35F4N5O5/c39-31-19-26(47-13-16-52-22-33(47)38(40,41)42)17-25(21-46-11-14-51-15-12-46)34(31)36(48)45-32(37(49)50)18-24-4-2-5-28-27(24)8-10-44-35(28)29-6-1-3-23-7-9-43-20-30(23)29/h1-10,17,19-20,32-33H,11-16,18,21-22H2,(H,45,48)(H,49,50)/t32-,33+/m0/s1. The van der Waals surface area contributed by atoms with Gasteiger partial charge in [-0.15, -0.1) is 0 Å². The molecule has 10 nitrogen and oxygen atoms in total. The van der Waals surface area contributed by atoms with Crippen LogP contribution in [0.1, 0.15) is 21.5 Å². The van der Waals surface area contributed by atoms with Gasteiger partial charge < -0.3 is 24.8 Å². The molecule has 0 bridgehead atoms. The van der Waals surface area contributed by atoms with E-state index in [0.717, 1.165) is 38.1 Å². The van der Waals surface area contributed by atoms with Crippen molar-refractivity contribution in [1.29, 1.82) is 0 Å². The molecule has 4 heterocycles. The molecule has 0 radical (unpaired) electrons. The Labute approximate surface area is 296 Å².